The number of carbonyl (C=O) groups excluding carboxylic acids is 1. The van der Waals surface area contributed by atoms with Crippen molar-refractivity contribution >= 4 is 34.7 Å². The van der Waals surface area contributed by atoms with Gasteiger partial charge in [0.15, 0.2) is 0 Å². The van der Waals surface area contributed by atoms with E-state index in [9.17, 15) is 4.79 Å². The summed E-state index contributed by atoms with van der Waals surface area (Å²) in [5.41, 5.74) is 0.986. The van der Waals surface area contributed by atoms with Gasteiger partial charge in [-0.25, -0.2) is 4.79 Å². The van der Waals surface area contributed by atoms with Crippen molar-refractivity contribution in [3.8, 4) is 0 Å². The molecule has 114 valence electrons. The summed E-state index contributed by atoms with van der Waals surface area (Å²) in [4.78, 5) is 14.3. The maximum Gasteiger partial charge on any atom is 0.340 e. The molecule has 21 heavy (non-hydrogen) atoms. The van der Waals surface area contributed by atoms with Gasteiger partial charge in [-0.1, -0.05) is 35.3 Å². The van der Waals surface area contributed by atoms with Crippen molar-refractivity contribution < 1.29 is 14.3 Å². The number of ether oxygens (including phenoxy) is 2. The molecular formula is C15H17Cl2NO3. The molecular weight excluding hydrogens is 313 g/mol. The quantitative estimate of drug-likeness (QED) is 0.628. The molecule has 0 atom stereocenters. The second-order valence-electron chi connectivity index (χ2n) is 4.51. The van der Waals surface area contributed by atoms with E-state index in [1.807, 2.05) is 4.90 Å². The molecule has 1 aliphatic rings. The van der Waals surface area contributed by atoms with Gasteiger partial charge in [-0.2, -0.15) is 0 Å². The van der Waals surface area contributed by atoms with Gasteiger partial charge in [-0.3, -0.25) is 0 Å². The van der Waals surface area contributed by atoms with Gasteiger partial charge in [0.25, 0.3) is 0 Å². The van der Waals surface area contributed by atoms with E-state index in [4.69, 9.17) is 32.7 Å². The van der Waals surface area contributed by atoms with E-state index in [1.165, 1.54) is 0 Å². The molecule has 1 aliphatic heterocycles. The molecule has 1 fully saturated rings. The molecule has 0 unspecified atom stereocenters. The topological polar surface area (TPSA) is 38.8 Å². The van der Waals surface area contributed by atoms with Crippen LogP contribution >= 0.6 is 23.2 Å². The summed E-state index contributed by atoms with van der Waals surface area (Å²) in [6, 6.07) is 5.21. The Morgan fingerprint density at radius 3 is 2.76 bits per heavy atom. The Morgan fingerprint density at radius 1 is 1.38 bits per heavy atom. The molecule has 0 bridgehead atoms. The lowest BCUT2D eigenvalue weighted by molar-refractivity contribution is -0.136. The van der Waals surface area contributed by atoms with Crippen molar-refractivity contribution in [2.75, 3.05) is 32.9 Å². The lowest BCUT2D eigenvalue weighted by Crippen LogP contribution is -2.32. The molecule has 0 amide bonds. The van der Waals surface area contributed by atoms with Crippen LogP contribution in [-0.4, -0.2) is 43.8 Å². The van der Waals surface area contributed by atoms with Crippen LogP contribution in [0.15, 0.2) is 24.4 Å². The monoisotopic (exact) mass is 329 g/mol. The minimum atomic E-state index is -0.409. The highest BCUT2D eigenvalue weighted by molar-refractivity contribution is 6.44. The molecule has 0 spiro atoms. The number of carbonyl (C=O) groups is 1. The maximum atomic E-state index is 12.2. The number of esters is 1. The number of rotatable bonds is 4. The Bertz CT molecular complexity index is 540. The lowest BCUT2D eigenvalue weighted by Gasteiger charge is -2.26. The van der Waals surface area contributed by atoms with Crippen LogP contribution in [-0.2, 0) is 14.3 Å². The first-order chi connectivity index (χ1) is 10.1. The highest BCUT2D eigenvalue weighted by atomic mass is 35.5. The predicted octanol–water partition coefficient (Wildman–Crippen LogP) is 3.23. The highest BCUT2D eigenvalue weighted by Crippen LogP contribution is 2.31. The number of hydrogen-bond donors (Lipinski definition) is 0. The Hall–Kier alpha value is -1.23. The smallest absolute Gasteiger partial charge is 0.340 e. The predicted molar refractivity (Wildman–Crippen MR) is 83.5 cm³/mol. The molecule has 0 N–H and O–H groups in total. The summed E-state index contributed by atoms with van der Waals surface area (Å²) in [7, 11) is 0. The molecule has 0 radical (unpaired) electrons. The molecule has 4 nitrogen and oxygen atoms in total. The Kier molecular flexibility index (Phi) is 5.91. The SMILES string of the molecule is CCOC(=O)C(=CN1CCOCC1)c1cccc(Cl)c1Cl. The van der Waals surface area contributed by atoms with Crippen LogP contribution < -0.4 is 0 Å². The summed E-state index contributed by atoms with van der Waals surface area (Å²) in [6.45, 7) is 4.79. The van der Waals surface area contributed by atoms with E-state index in [-0.39, 0.29) is 0 Å². The van der Waals surface area contributed by atoms with E-state index in [0.29, 0.717) is 41.0 Å². The second kappa shape index (κ2) is 7.69. The van der Waals surface area contributed by atoms with Crippen LogP contribution in [0.1, 0.15) is 12.5 Å². The van der Waals surface area contributed by atoms with E-state index in [0.717, 1.165) is 13.1 Å². The van der Waals surface area contributed by atoms with E-state index in [1.54, 1.807) is 31.3 Å². The van der Waals surface area contributed by atoms with Crippen molar-refractivity contribution in [3.05, 3.63) is 40.0 Å². The zero-order valence-electron chi connectivity index (χ0n) is 11.8. The minimum Gasteiger partial charge on any atom is -0.462 e. The van der Waals surface area contributed by atoms with Crippen molar-refractivity contribution in [2.24, 2.45) is 0 Å². The molecule has 0 aliphatic carbocycles. The fraction of sp³-hybridized carbons (Fsp3) is 0.400. The first-order valence-electron chi connectivity index (χ1n) is 6.78. The molecule has 1 saturated heterocycles. The molecule has 2 rings (SSSR count). The Labute approximate surface area is 134 Å². The summed E-state index contributed by atoms with van der Waals surface area (Å²) in [6.07, 6.45) is 1.78. The number of halogens is 2. The van der Waals surface area contributed by atoms with E-state index >= 15 is 0 Å². The van der Waals surface area contributed by atoms with E-state index in [2.05, 4.69) is 0 Å². The van der Waals surface area contributed by atoms with Crippen molar-refractivity contribution in [1.29, 1.82) is 0 Å². The maximum absolute atomic E-state index is 12.2. The first kappa shape index (κ1) is 16.1. The molecule has 1 aromatic carbocycles. The fourth-order valence-corrected chi connectivity index (χ4v) is 2.44. The van der Waals surface area contributed by atoms with Gasteiger partial charge in [-0.15, -0.1) is 0 Å². The van der Waals surface area contributed by atoms with Crippen molar-refractivity contribution in [3.63, 3.8) is 0 Å². The Balaban J connectivity index is 2.37. The Morgan fingerprint density at radius 2 is 2.10 bits per heavy atom. The molecule has 0 aromatic heterocycles. The third-order valence-corrected chi connectivity index (χ3v) is 3.91. The van der Waals surface area contributed by atoms with Gasteiger partial charge in [0, 0.05) is 24.9 Å². The standard InChI is InChI=1S/C15H17Cl2NO3/c1-2-21-15(19)12(10-18-6-8-20-9-7-18)11-4-3-5-13(16)14(11)17/h3-5,10H,2,6-9H2,1H3. The zero-order valence-corrected chi connectivity index (χ0v) is 13.3. The molecule has 1 aromatic rings. The van der Waals surface area contributed by atoms with Crippen molar-refractivity contribution in [1.82, 2.24) is 4.90 Å². The average molecular weight is 330 g/mol. The number of benzene rings is 1. The van der Waals surface area contributed by atoms with Gasteiger partial charge >= 0.3 is 5.97 Å². The summed E-state index contributed by atoms with van der Waals surface area (Å²) < 4.78 is 10.4. The van der Waals surface area contributed by atoms with Gasteiger partial charge in [-0.05, 0) is 13.0 Å². The van der Waals surface area contributed by atoms with Crippen LogP contribution in [0.4, 0.5) is 0 Å². The zero-order chi connectivity index (χ0) is 15.2. The molecule has 1 heterocycles. The van der Waals surface area contributed by atoms with Crippen LogP contribution in [0.25, 0.3) is 5.57 Å². The normalized spacial score (nSPS) is 16.0. The van der Waals surface area contributed by atoms with Gasteiger partial charge < -0.3 is 14.4 Å². The molecule has 0 saturated carbocycles. The average Bonchev–Trinajstić information content (AvgIpc) is 2.49. The lowest BCUT2D eigenvalue weighted by atomic mass is 10.1. The second-order valence-corrected chi connectivity index (χ2v) is 5.30. The third kappa shape index (κ3) is 4.13. The summed E-state index contributed by atoms with van der Waals surface area (Å²) in [5.74, 6) is -0.409. The highest BCUT2D eigenvalue weighted by Gasteiger charge is 2.19. The fourth-order valence-electron chi connectivity index (χ4n) is 2.04. The largest absolute Gasteiger partial charge is 0.462 e. The summed E-state index contributed by atoms with van der Waals surface area (Å²) in [5, 5.41) is 0.762. The van der Waals surface area contributed by atoms with Crippen LogP contribution in [0.2, 0.25) is 10.0 Å². The minimum absolute atomic E-state index is 0.303. The van der Waals surface area contributed by atoms with E-state index < -0.39 is 5.97 Å². The first-order valence-corrected chi connectivity index (χ1v) is 7.54. The van der Waals surface area contributed by atoms with Crippen molar-refractivity contribution in [2.45, 2.75) is 6.92 Å². The summed E-state index contributed by atoms with van der Waals surface area (Å²) >= 11 is 12.3. The third-order valence-electron chi connectivity index (χ3n) is 3.09. The van der Waals surface area contributed by atoms with Gasteiger partial charge in [0.05, 0.1) is 35.4 Å². The van der Waals surface area contributed by atoms with Crippen LogP contribution in [0.3, 0.4) is 0 Å². The number of nitrogens with zero attached hydrogens (tertiary/aromatic N) is 1. The molecule has 6 heteroatoms. The van der Waals surface area contributed by atoms with Crippen LogP contribution in [0.5, 0.6) is 0 Å². The van der Waals surface area contributed by atoms with Crippen LogP contribution in [0, 0.1) is 0 Å². The van der Waals surface area contributed by atoms with Gasteiger partial charge in [0.1, 0.15) is 0 Å². The van der Waals surface area contributed by atoms with Gasteiger partial charge in [0.2, 0.25) is 0 Å². The number of hydrogen-bond acceptors (Lipinski definition) is 4. The number of morpholine rings is 1.